The van der Waals surface area contributed by atoms with Gasteiger partial charge in [-0.3, -0.25) is 4.79 Å². The van der Waals surface area contributed by atoms with Crippen LogP contribution in [-0.4, -0.2) is 18.0 Å². The summed E-state index contributed by atoms with van der Waals surface area (Å²) in [5.41, 5.74) is 5.69. The molecule has 88 valence electrons. The summed E-state index contributed by atoms with van der Waals surface area (Å²) < 4.78 is 0. The molecule has 0 bridgehead atoms. The number of hydrogen-bond acceptors (Lipinski definition) is 2. The lowest BCUT2D eigenvalue weighted by atomic mass is 9.63. The molecule has 3 N–H and O–H groups in total. The molecule has 1 aliphatic carbocycles. The molecule has 0 aromatic rings. The second-order valence-corrected chi connectivity index (χ2v) is 5.93. The SMILES string of the molecule is CCC(C)(C)C(=O)NC1CC(N)C1(C)C. The van der Waals surface area contributed by atoms with Crippen molar-refractivity contribution in [1.29, 1.82) is 0 Å². The Bertz CT molecular complexity index is 258. The van der Waals surface area contributed by atoms with Gasteiger partial charge in [-0.15, -0.1) is 0 Å². The summed E-state index contributed by atoms with van der Waals surface area (Å²) in [4.78, 5) is 11.9. The van der Waals surface area contributed by atoms with E-state index in [2.05, 4.69) is 19.2 Å². The molecule has 0 spiro atoms. The monoisotopic (exact) mass is 212 g/mol. The van der Waals surface area contributed by atoms with Gasteiger partial charge in [0.05, 0.1) is 0 Å². The maximum Gasteiger partial charge on any atom is 0.225 e. The molecule has 1 fully saturated rings. The topological polar surface area (TPSA) is 55.1 Å². The van der Waals surface area contributed by atoms with Crippen LogP contribution in [0.15, 0.2) is 0 Å². The first-order chi connectivity index (χ1) is 6.71. The van der Waals surface area contributed by atoms with E-state index in [0.29, 0.717) is 0 Å². The van der Waals surface area contributed by atoms with Crippen molar-refractivity contribution in [3.63, 3.8) is 0 Å². The maximum absolute atomic E-state index is 11.9. The number of amides is 1. The first-order valence-corrected chi connectivity index (χ1v) is 5.78. The summed E-state index contributed by atoms with van der Waals surface area (Å²) in [5, 5.41) is 3.11. The number of hydrogen-bond donors (Lipinski definition) is 2. The molecule has 1 rings (SSSR count). The van der Waals surface area contributed by atoms with Gasteiger partial charge < -0.3 is 11.1 Å². The van der Waals surface area contributed by atoms with Crippen molar-refractivity contribution in [3.05, 3.63) is 0 Å². The average molecular weight is 212 g/mol. The quantitative estimate of drug-likeness (QED) is 0.747. The van der Waals surface area contributed by atoms with Gasteiger partial charge in [-0.2, -0.15) is 0 Å². The standard InChI is InChI=1S/C12H24N2O/c1-6-11(2,3)10(15)14-9-7-8(13)12(9,4)5/h8-9H,6-7,13H2,1-5H3,(H,14,15). The second kappa shape index (κ2) is 3.78. The largest absolute Gasteiger partial charge is 0.352 e. The van der Waals surface area contributed by atoms with Crippen LogP contribution in [0.1, 0.15) is 47.5 Å². The van der Waals surface area contributed by atoms with E-state index in [9.17, 15) is 4.79 Å². The first-order valence-electron chi connectivity index (χ1n) is 5.78. The van der Waals surface area contributed by atoms with Gasteiger partial charge in [-0.25, -0.2) is 0 Å². The summed E-state index contributed by atoms with van der Waals surface area (Å²) in [5.74, 6) is 0.148. The zero-order chi connectivity index (χ0) is 11.9. The van der Waals surface area contributed by atoms with Crippen LogP contribution in [0.5, 0.6) is 0 Å². The van der Waals surface area contributed by atoms with E-state index in [0.717, 1.165) is 12.8 Å². The van der Waals surface area contributed by atoms with Gasteiger partial charge in [-0.05, 0) is 12.8 Å². The molecule has 2 unspecified atom stereocenters. The van der Waals surface area contributed by atoms with Crippen molar-refractivity contribution in [1.82, 2.24) is 5.32 Å². The third-order valence-electron chi connectivity index (χ3n) is 4.15. The zero-order valence-corrected chi connectivity index (χ0v) is 10.6. The Morgan fingerprint density at radius 2 is 2.07 bits per heavy atom. The van der Waals surface area contributed by atoms with E-state index >= 15 is 0 Å². The van der Waals surface area contributed by atoms with Crippen LogP contribution in [0.2, 0.25) is 0 Å². The number of nitrogens with one attached hydrogen (secondary N) is 1. The van der Waals surface area contributed by atoms with Crippen molar-refractivity contribution >= 4 is 5.91 Å². The van der Waals surface area contributed by atoms with Gasteiger partial charge >= 0.3 is 0 Å². The third kappa shape index (κ3) is 2.17. The average Bonchev–Trinajstić information content (AvgIpc) is 2.17. The molecule has 0 heterocycles. The molecule has 3 heteroatoms. The number of carbonyl (C=O) groups excluding carboxylic acids is 1. The van der Waals surface area contributed by atoms with Crippen molar-refractivity contribution in [2.75, 3.05) is 0 Å². The lowest BCUT2D eigenvalue weighted by Crippen LogP contribution is -2.65. The normalized spacial score (nSPS) is 29.5. The van der Waals surface area contributed by atoms with Crippen LogP contribution in [0.25, 0.3) is 0 Å². The fourth-order valence-corrected chi connectivity index (χ4v) is 1.72. The summed E-state index contributed by atoms with van der Waals surface area (Å²) in [6, 6.07) is 0.457. The number of nitrogens with two attached hydrogens (primary N) is 1. The van der Waals surface area contributed by atoms with E-state index < -0.39 is 0 Å². The highest BCUT2D eigenvalue weighted by atomic mass is 16.2. The Morgan fingerprint density at radius 3 is 2.40 bits per heavy atom. The molecule has 1 aliphatic rings. The highest BCUT2D eigenvalue weighted by Crippen LogP contribution is 2.39. The summed E-state index contributed by atoms with van der Waals surface area (Å²) in [7, 11) is 0. The van der Waals surface area contributed by atoms with Gasteiger partial charge in [0, 0.05) is 22.9 Å². The molecule has 15 heavy (non-hydrogen) atoms. The van der Waals surface area contributed by atoms with E-state index in [1.54, 1.807) is 0 Å². The van der Waals surface area contributed by atoms with Gasteiger partial charge in [0.2, 0.25) is 5.91 Å². The number of rotatable bonds is 3. The van der Waals surface area contributed by atoms with Crippen molar-refractivity contribution in [2.24, 2.45) is 16.6 Å². The highest BCUT2D eigenvalue weighted by Gasteiger charge is 2.47. The van der Waals surface area contributed by atoms with E-state index in [4.69, 9.17) is 5.73 Å². The van der Waals surface area contributed by atoms with Crippen LogP contribution < -0.4 is 11.1 Å². The van der Waals surface area contributed by atoms with Crippen LogP contribution in [0.3, 0.4) is 0 Å². The van der Waals surface area contributed by atoms with E-state index in [-0.39, 0.29) is 28.8 Å². The van der Waals surface area contributed by atoms with Gasteiger partial charge in [0.15, 0.2) is 0 Å². The van der Waals surface area contributed by atoms with Crippen molar-refractivity contribution in [2.45, 2.75) is 59.5 Å². The molecule has 3 nitrogen and oxygen atoms in total. The molecule has 0 saturated heterocycles. The number of carbonyl (C=O) groups is 1. The molecule has 0 aromatic heterocycles. The molecule has 0 aromatic carbocycles. The van der Waals surface area contributed by atoms with Gasteiger partial charge in [-0.1, -0.05) is 34.6 Å². The molecular formula is C12H24N2O. The molecular weight excluding hydrogens is 188 g/mol. The Morgan fingerprint density at radius 1 is 1.53 bits per heavy atom. The predicted octanol–water partition coefficient (Wildman–Crippen LogP) is 1.66. The smallest absolute Gasteiger partial charge is 0.225 e. The lowest BCUT2D eigenvalue weighted by Gasteiger charge is -2.51. The fraction of sp³-hybridized carbons (Fsp3) is 0.917. The van der Waals surface area contributed by atoms with Crippen LogP contribution in [0.4, 0.5) is 0 Å². The van der Waals surface area contributed by atoms with Crippen molar-refractivity contribution in [3.8, 4) is 0 Å². The summed E-state index contributed by atoms with van der Waals surface area (Å²) in [6.45, 7) is 10.2. The van der Waals surface area contributed by atoms with Gasteiger partial charge in [0.25, 0.3) is 0 Å². The molecule has 1 saturated carbocycles. The molecule has 2 atom stereocenters. The Balaban J connectivity index is 2.55. The minimum absolute atomic E-state index is 0.0412. The van der Waals surface area contributed by atoms with Gasteiger partial charge in [0.1, 0.15) is 0 Å². The minimum atomic E-state index is -0.268. The van der Waals surface area contributed by atoms with Crippen molar-refractivity contribution < 1.29 is 4.79 Å². The maximum atomic E-state index is 11.9. The third-order valence-corrected chi connectivity index (χ3v) is 4.15. The Labute approximate surface area is 92.8 Å². The summed E-state index contributed by atoms with van der Waals surface area (Å²) in [6.07, 6.45) is 1.76. The predicted molar refractivity (Wildman–Crippen MR) is 62.4 cm³/mol. The zero-order valence-electron chi connectivity index (χ0n) is 10.6. The lowest BCUT2D eigenvalue weighted by molar-refractivity contribution is -0.132. The Kier molecular flexibility index (Phi) is 3.15. The van der Waals surface area contributed by atoms with Crippen LogP contribution in [0, 0.1) is 10.8 Å². The van der Waals surface area contributed by atoms with E-state index in [1.165, 1.54) is 0 Å². The minimum Gasteiger partial charge on any atom is -0.352 e. The molecule has 1 amide bonds. The van der Waals surface area contributed by atoms with E-state index in [1.807, 2.05) is 20.8 Å². The first kappa shape index (κ1) is 12.5. The highest BCUT2D eigenvalue weighted by molar-refractivity contribution is 5.82. The fourth-order valence-electron chi connectivity index (χ4n) is 1.72. The Hall–Kier alpha value is -0.570. The van der Waals surface area contributed by atoms with Crippen LogP contribution >= 0.6 is 0 Å². The second-order valence-electron chi connectivity index (χ2n) is 5.93. The molecule has 0 radical (unpaired) electrons. The summed E-state index contributed by atoms with van der Waals surface area (Å²) >= 11 is 0. The van der Waals surface area contributed by atoms with Crippen LogP contribution in [-0.2, 0) is 4.79 Å². The molecule has 0 aliphatic heterocycles.